The third-order valence-electron chi connectivity index (χ3n) is 6.84. The van der Waals surface area contributed by atoms with E-state index in [0.717, 1.165) is 10.9 Å². The van der Waals surface area contributed by atoms with Gasteiger partial charge in [-0.2, -0.15) is 0 Å². The number of piperidine rings is 1. The molecule has 2 heterocycles. The maximum atomic E-state index is 12.8. The van der Waals surface area contributed by atoms with E-state index in [1.807, 2.05) is 18.2 Å². The molecule has 2 saturated heterocycles. The minimum absolute atomic E-state index is 0.217. The Kier molecular flexibility index (Phi) is 6.50. The molecule has 0 aliphatic carbocycles. The zero-order valence-corrected chi connectivity index (χ0v) is 20.2. The van der Waals surface area contributed by atoms with Crippen molar-refractivity contribution in [2.24, 2.45) is 0 Å². The predicted molar refractivity (Wildman–Crippen MR) is 136 cm³/mol. The highest BCUT2D eigenvalue weighted by Gasteiger charge is 2.47. The summed E-state index contributed by atoms with van der Waals surface area (Å²) in [5.74, 6) is -0.391. The third kappa shape index (κ3) is 4.98. The first-order valence-electron chi connectivity index (χ1n) is 12.2. The lowest BCUT2D eigenvalue weighted by Crippen LogP contribution is -2.49. The fourth-order valence-corrected chi connectivity index (χ4v) is 4.86. The van der Waals surface area contributed by atoms with E-state index in [1.165, 1.54) is 5.39 Å². The summed E-state index contributed by atoms with van der Waals surface area (Å²) in [6, 6.07) is 20.8. The number of rotatable bonds is 5. The summed E-state index contributed by atoms with van der Waals surface area (Å²) >= 11 is 0. The van der Waals surface area contributed by atoms with Crippen LogP contribution in [-0.4, -0.2) is 59.7 Å². The molecule has 3 aromatic carbocycles. The van der Waals surface area contributed by atoms with E-state index >= 15 is 0 Å². The number of carbonyl (C=O) groups is 3. The van der Waals surface area contributed by atoms with E-state index < -0.39 is 11.6 Å². The summed E-state index contributed by atoms with van der Waals surface area (Å²) in [6.07, 6.45) is 0.868. The standard InChI is InChI=1S/C28H29N3O5/c1-2-35-25(32)22-9-11-24(12-10-22)29-26(33)30-15-13-28(14-16-30)19-31(27(34)36-28)18-20-7-8-21-5-3-4-6-23(21)17-20/h3-12,17H,2,13-16,18-19H2,1H3,(H,29,33). The van der Waals surface area contributed by atoms with Gasteiger partial charge in [-0.1, -0.05) is 36.4 Å². The molecule has 0 radical (unpaired) electrons. The molecule has 3 aromatic rings. The van der Waals surface area contributed by atoms with Gasteiger partial charge in [0.15, 0.2) is 0 Å². The number of hydrogen-bond acceptors (Lipinski definition) is 5. The van der Waals surface area contributed by atoms with E-state index in [4.69, 9.17) is 9.47 Å². The van der Waals surface area contributed by atoms with Gasteiger partial charge in [-0.05, 0) is 53.6 Å². The van der Waals surface area contributed by atoms with Crippen LogP contribution < -0.4 is 5.32 Å². The first kappa shape index (κ1) is 23.7. The Bertz CT molecular complexity index is 1280. The summed E-state index contributed by atoms with van der Waals surface area (Å²) in [5, 5.41) is 5.18. The Balaban J connectivity index is 1.15. The van der Waals surface area contributed by atoms with Crippen molar-refractivity contribution in [3.63, 3.8) is 0 Å². The van der Waals surface area contributed by atoms with Crippen molar-refractivity contribution in [3.05, 3.63) is 77.9 Å². The monoisotopic (exact) mass is 487 g/mol. The van der Waals surface area contributed by atoms with Gasteiger partial charge in [0.1, 0.15) is 5.60 Å². The number of fused-ring (bicyclic) bond motifs is 1. The number of ether oxygens (including phenoxy) is 2. The maximum absolute atomic E-state index is 12.8. The van der Waals surface area contributed by atoms with Gasteiger partial charge >= 0.3 is 18.1 Å². The Morgan fingerprint density at radius 2 is 1.72 bits per heavy atom. The number of benzene rings is 3. The molecule has 8 heteroatoms. The second kappa shape index (κ2) is 9.89. The van der Waals surface area contributed by atoms with Crippen molar-refractivity contribution in [2.45, 2.75) is 31.9 Å². The average molecular weight is 488 g/mol. The van der Waals surface area contributed by atoms with Gasteiger partial charge in [-0.3, -0.25) is 4.90 Å². The predicted octanol–water partition coefficient (Wildman–Crippen LogP) is 5.04. The van der Waals surface area contributed by atoms with Crippen LogP contribution >= 0.6 is 0 Å². The van der Waals surface area contributed by atoms with Crippen LogP contribution in [0.15, 0.2) is 66.7 Å². The third-order valence-corrected chi connectivity index (χ3v) is 6.84. The Hall–Kier alpha value is -4.07. The highest BCUT2D eigenvalue weighted by molar-refractivity contribution is 5.92. The highest BCUT2D eigenvalue weighted by atomic mass is 16.6. The summed E-state index contributed by atoms with van der Waals surface area (Å²) in [4.78, 5) is 40.7. The first-order chi connectivity index (χ1) is 17.4. The second-order valence-electron chi connectivity index (χ2n) is 9.30. The molecule has 2 aliphatic heterocycles. The van der Waals surface area contributed by atoms with Crippen molar-refractivity contribution < 1.29 is 23.9 Å². The highest BCUT2D eigenvalue weighted by Crippen LogP contribution is 2.34. The smallest absolute Gasteiger partial charge is 0.410 e. The molecule has 5 rings (SSSR count). The van der Waals surface area contributed by atoms with Crippen LogP contribution in [-0.2, 0) is 16.0 Å². The second-order valence-corrected chi connectivity index (χ2v) is 9.30. The summed E-state index contributed by atoms with van der Waals surface area (Å²) in [6.45, 7) is 4.06. The number of nitrogens with zero attached hydrogens (tertiary/aromatic N) is 2. The summed E-state index contributed by atoms with van der Waals surface area (Å²) in [7, 11) is 0. The molecular formula is C28H29N3O5. The molecule has 0 atom stereocenters. The summed E-state index contributed by atoms with van der Waals surface area (Å²) < 4.78 is 10.8. The lowest BCUT2D eigenvalue weighted by Gasteiger charge is -2.37. The SMILES string of the molecule is CCOC(=O)c1ccc(NC(=O)N2CCC3(CC2)CN(Cc2ccc4ccccc4c2)C(=O)O3)cc1. The molecular weight excluding hydrogens is 458 g/mol. The summed E-state index contributed by atoms with van der Waals surface area (Å²) in [5.41, 5.74) is 1.54. The Morgan fingerprint density at radius 1 is 1.00 bits per heavy atom. The zero-order chi connectivity index (χ0) is 25.1. The number of carbonyl (C=O) groups excluding carboxylic acids is 3. The number of likely N-dealkylation sites (tertiary alicyclic amines) is 1. The van der Waals surface area contributed by atoms with Gasteiger partial charge in [0.05, 0.1) is 18.7 Å². The van der Waals surface area contributed by atoms with E-state index in [-0.39, 0.29) is 12.1 Å². The first-order valence-corrected chi connectivity index (χ1v) is 12.2. The molecule has 0 saturated carbocycles. The molecule has 3 amide bonds. The topological polar surface area (TPSA) is 88.2 Å². The van der Waals surface area contributed by atoms with Crippen LogP contribution in [0.25, 0.3) is 10.8 Å². The largest absolute Gasteiger partial charge is 0.462 e. The number of hydrogen-bond donors (Lipinski definition) is 1. The van der Waals surface area contributed by atoms with Crippen molar-refractivity contribution >= 4 is 34.6 Å². The molecule has 186 valence electrons. The molecule has 8 nitrogen and oxygen atoms in total. The maximum Gasteiger partial charge on any atom is 0.410 e. The lowest BCUT2D eigenvalue weighted by molar-refractivity contribution is 0.0108. The number of urea groups is 1. The quantitative estimate of drug-likeness (QED) is 0.510. The number of esters is 1. The molecule has 2 fully saturated rings. The molecule has 0 unspecified atom stereocenters. The minimum Gasteiger partial charge on any atom is -0.462 e. The van der Waals surface area contributed by atoms with E-state index in [9.17, 15) is 14.4 Å². The minimum atomic E-state index is -0.563. The van der Waals surface area contributed by atoms with E-state index in [2.05, 4.69) is 29.6 Å². The molecule has 1 spiro atoms. The number of amides is 3. The molecule has 0 aromatic heterocycles. The van der Waals surface area contributed by atoms with Crippen LogP contribution in [0.3, 0.4) is 0 Å². The van der Waals surface area contributed by atoms with Gasteiger partial charge in [-0.15, -0.1) is 0 Å². The van der Waals surface area contributed by atoms with Gasteiger partial charge in [0, 0.05) is 38.2 Å². The fourth-order valence-electron chi connectivity index (χ4n) is 4.86. The van der Waals surface area contributed by atoms with E-state index in [1.54, 1.807) is 41.0 Å². The fraction of sp³-hybridized carbons (Fsp3) is 0.321. The average Bonchev–Trinajstić information content (AvgIpc) is 3.18. The van der Waals surface area contributed by atoms with Crippen molar-refractivity contribution in [2.75, 3.05) is 31.6 Å². The number of anilines is 1. The molecule has 1 N–H and O–H groups in total. The normalized spacial score (nSPS) is 16.8. The van der Waals surface area contributed by atoms with Crippen molar-refractivity contribution in [3.8, 4) is 0 Å². The molecule has 0 bridgehead atoms. The zero-order valence-electron chi connectivity index (χ0n) is 20.2. The van der Waals surface area contributed by atoms with Crippen molar-refractivity contribution in [1.82, 2.24) is 9.80 Å². The van der Waals surface area contributed by atoms with E-state index in [0.29, 0.717) is 56.9 Å². The van der Waals surface area contributed by atoms with Gasteiger partial charge in [0.25, 0.3) is 0 Å². The molecule has 36 heavy (non-hydrogen) atoms. The molecule has 2 aliphatic rings. The van der Waals surface area contributed by atoms with Gasteiger partial charge in [-0.25, -0.2) is 14.4 Å². The van der Waals surface area contributed by atoms with Crippen LogP contribution in [0.4, 0.5) is 15.3 Å². The lowest BCUT2D eigenvalue weighted by atomic mass is 9.91. The van der Waals surface area contributed by atoms with Gasteiger partial charge < -0.3 is 19.7 Å². The number of nitrogens with one attached hydrogen (secondary N) is 1. The Morgan fingerprint density at radius 3 is 2.44 bits per heavy atom. The van der Waals surface area contributed by atoms with Crippen LogP contribution in [0.2, 0.25) is 0 Å². The Labute approximate surface area is 209 Å². The van der Waals surface area contributed by atoms with Crippen LogP contribution in [0, 0.1) is 0 Å². The van der Waals surface area contributed by atoms with Crippen LogP contribution in [0.1, 0.15) is 35.7 Å². The van der Waals surface area contributed by atoms with Crippen LogP contribution in [0.5, 0.6) is 0 Å². The van der Waals surface area contributed by atoms with Gasteiger partial charge in [0.2, 0.25) is 0 Å². The van der Waals surface area contributed by atoms with Crippen molar-refractivity contribution in [1.29, 1.82) is 0 Å².